The molecule has 0 aliphatic carbocycles. The number of rotatable bonds is 5. The van der Waals surface area contributed by atoms with E-state index in [9.17, 15) is 4.79 Å². The van der Waals surface area contributed by atoms with Crippen molar-refractivity contribution in [2.75, 3.05) is 26.2 Å². The van der Waals surface area contributed by atoms with Crippen molar-refractivity contribution in [2.45, 2.75) is 32.4 Å². The van der Waals surface area contributed by atoms with E-state index in [1.165, 1.54) is 0 Å². The van der Waals surface area contributed by atoms with Gasteiger partial charge in [0.1, 0.15) is 0 Å². The van der Waals surface area contributed by atoms with Crippen LogP contribution in [0.3, 0.4) is 0 Å². The number of hydrogen-bond donors (Lipinski definition) is 1. The second-order valence-corrected chi connectivity index (χ2v) is 5.26. The minimum atomic E-state index is 0. The van der Waals surface area contributed by atoms with Crippen molar-refractivity contribution in [1.29, 1.82) is 0 Å². The summed E-state index contributed by atoms with van der Waals surface area (Å²) in [6.45, 7) is 6.80. The maximum absolute atomic E-state index is 12.4. The van der Waals surface area contributed by atoms with Gasteiger partial charge in [0.2, 0.25) is 5.91 Å². The Balaban J connectivity index is 0.00000220. The van der Waals surface area contributed by atoms with Crippen molar-refractivity contribution in [3.8, 4) is 0 Å². The van der Waals surface area contributed by atoms with E-state index in [4.69, 9.17) is 4.74 Å². The zero-order chi connectivity index (χ0) is 14.4. The number of hydrogen-bond acceptors (Lipinski definition) is 4. The first-order valence-electron chi connectivity index (χ1n) is 7.20. The van der Waals surface area contributed by atoms with Crippen LogP contribution in [0.5, 0.6) is 0 Å². The Kier molecular flexibility index (Phi) is 7.64. The molecule has 1 aromatic rings. The van der Waals surface area contributed by atoms with Crippen molar-refractivity contribution in [1.82, 2.24) is 15.2 Å². The Hall–Kier alpha value is -1.17. The number of halogens is 1. The second-order valence-electron chi connectivity index (χ2n) is 5.26. The molecule has 0 aromatic carbocycles. The molecule has 0 radical (unpaired) electrons. The normalized spacial score (nSPS) is 18.4. The van der Waals surface area contributed by atoms with Gasteiger partial charge in [-0.25, -0.2) is 0 Å². The molecular weight excluding hydrogens is 290 g/mol. The van der Waals surface area contributed by atoms with Gasteiger partial charge in [-0.3, -0.25) is 9.78 Å². The Morgan fingerprint density at radius 3 is 3.05 bits per heavy atom. The quantitative estimate of drug-likeness (QED) is 0.900. The van der Waals surface area contributed by atoms with Gasteiger partial charge in [-0.1, -0.05) is 6.07 Å². The summed E-state index contributed by atoms with van der Waals surface area (Å²) in [6.07, 6.45) is 4.19. The maximum Gasteiger partial charge on any atom is 0.225 e. The molecule has 1 amide bonds. The average Bonchev–Trinajstić information content (AvgIpc) is 2.47. The lowest BCUT2D eigenvalue weighted by Gasteiger charge is -2.36. The van der Waals surface area contributed by atoms with Gasteiger partial charge >= 0.3 is 0 Å². The Morgan fingerprint density at radius 2 is 2.38 bits per heavy atom. The molecule has 1 unspecified atom stereocenters. The molecule has 1 atom stereocenters. The van der Waals surface area contributed by atoms with Gasteiger partial charge in [0.15, 0.2) is 0 Å². The summed E-state index contributed by atoms with van der Waals surface area (Å²) in [5.41, 5.74) is 1.08. The van der Waals surface area contributed by atoms with Crippen LogP contribution < -0.4 is 5.32 Å². The third kappa shape index (κ3) is 5.26. The molecule has 0 bridgehead atoms. The molecule has 0 spiro atoms. The molecule has 1 N–H and O–H groups in total. The summed E-state index contributed by atoms with van der Waals surface area (Å²) in [6, 6.07) is 4.01. The zero-order valence-electron chi connectivity index (χ0n) is 12.6. The molecule has 118 valence electrons. The number of piperazine rings is 1. The standard InChI is InChI=1S/C15H23N3O2.ClH/c1-12(2)20-9-5-15(19)18-8-7-17-11-14(18)13-4-3-6-16-10-13;/h3-4,6,10,12,14,17H,5,7-9,11H2,1-2H3;1H. The maximum atomic E-state index is 12.4. The Bertz CT molecular complexity index is 428. The van der Waals surface area contributed by atoms with Crippen LogP contribution in [0, 0.1) is 0 Å². The molecule has 1 aliphatic heterocycles. The number of carbonyl (C=O) groups is 1. The lowest BCUT2D eigenvalue weighted by atomic mass is 10.0. The van der Waals surface area contributed by atoms with E-state index in [1.54, 1.807) is 6.20 Å². The zero-order valence-corrected chi connectivity index (χ0v) is 13.4. The molecule has 0 saturated carbocycles. The average molecular weight is 314 g/mol. The SMILES string of the molecule is CC(C)OCCC(=O)N1CCNCC1c1cccnc1.Cl. The summed E-state index contributed by atoms with van der Waals surface area (Å²) in [7, 11) is 0. The third-order valence-corrected chi connectivity index (χ3v) is 3.40. The topological polar surface area (TPSA) is 54.5 Å². The van der Waals surface area contributed by atoms with Crippen LogP contribution in [0.15, 0.2) is 24.5 Å². The summed E-state index contributed by atoms with van der Waals surface area (Å²) in [5.74, 6) is 0.154. The largest absolute Gasteiger partial charge is 0.378 e. The highest BCUT2D eigenvalue weighted by Crippen LogP contribution is 2.22. The van der Waals surface area contributed by atoms with Crippen LogP contribution in [-0.2, 0) is 9.53 Å². The first kappa shape index (κ1) is 17.9. The van der Waals surface area contributed by atoms with E-state index in [0.29, 0.717) is 13.0 Å². The fourth-order valence-corrected chi connectivity index (χ4v) is 2.40. The van der Waals surface area contributed by atoms with E-state index in [2.05, 4.69) is 10.3 Å². The van der Waals surface area contributed by atoms with Gasteiger partial charge in [-0.15, -0.1) is 12.4 Å². The molecule has 21 heavy (non-hydrogen) atoms. The van der Waals surface area contributed by atoms with Gasteiger partial charge in [-0.05, 0) is 25.5 Å². The van der Waals surface area contributed by atoms with Gasteiger partial charge in [0, 0.05) is 32.0 Å². The number of carbonyl (C=O) groups excluding carboxylic acids is 1. The smallest absolute Gasteiger partial charge is 0.225 e. The molecular formula is C15H24ClN3O2. The van der Waals surface area contributed by atoms with Crippen LogP contribution >= 0.6 is 12.4 Å². The number of aromatic nitrogens is 1. The van der Waals surface area contributed by atoms with Crippen LogP contribution in [0.2, 0.25) is 0 Å². The molecule has 6 heteroatoms. The number of nitrogens with zero attached hydrogens (tertiary/aromatic N) is 2. The first-order valence-corrected chi connectivity index (χ1v) is 7.20. The lowest BCUT2D eigenvalue weighted by Crippen LogP contribution is -2.48. The van der Waals surface area contributed by atoms with Gasteiger partial charge in [0.05, 0.1) is 25.2 Å². The molecule has 2 heterocycles. The van der Waals surface area contributed by atoms with Crippen LogP contribution in [-0.4, -0.2) is 48.1 Å². The van der Waals surface area contributed by atoms with Crippen molar-refractivity contribution < 1.29 is 9.53 Å². The minimum absolute atomic E-state index is 0. The van der Waals surface area contributed by atoms with E-state index in [-0.39, 0.29) is 30.5 Å². The van der Waals surface area contributed by atoms with Crippen LogP contribution in [0.4, 0.5) is 0 Å². The summed E-state index contributed by atoms with van der Waals surface area (Å²) in [4.78, 5) is 18.5. The molecule has 1 fully saturated rings. The number of pyridine rings is 1. The number of nitrogens with one attached hydrogen (secondary N) is 1. The van der Waals surface area contributed by atoms with Crippen LogP contribution in [0.1, 0.15) is 31.9 Å². The molecule has 5 nitrogen and oxygen atoms in total. The lowest BCUT2D eigenvalue weighted by molar-refractivity contribution is -0.136. The van der Waals surface area contributed by atoms with Crippen LogP contribution in [0.25, 0.3) is 0 Å². The van der Waals surface area contributed by atoms with Gasteiger partial charge in [-0.2, -0.15) is 0 Å². The van der Waals surface area contributed by atoms with E-state index in [0.717, 1.165) is 25.2 Å². The predicted molar refractivity (Wildman–Crippen MR) is 84.5 cm³/mol. The van der Waals surface area contributed by atoms with Crippen molar-refractivity contribution in [2.24, 2.45) is 0 Å². The Morgan fingerprint density at radius 1 is 1.57 bits per heavy atom. The van der Waals surface area contributed by atoms with Crippen molar-refractivity contribution >= 4 is 18.3 Å². The van der Waals surface area contributed by atoms with E-state index >= 15 is 0 Å². The summed E-state index contributed by atoms with van der Waals surface area (Å²) < 4.78 is 5.47. The Labute approximate surface area is 132 Å². The van der Waals surface area contributed by atoms with E-state index < -0.39 is 0 Å². The van der Waals surface area contributed by atoms with Gasteiger partial charge in [0.25, 0.3) is 0 Å². The molecule has 1 saturated heterocycles. The fraction of sp³-hybridized carbons (Fsp3) is 0.600. The highest BCUT2D eigenvalue weighted by molar-refractivity contribution is 5.85. The number of amides is 1. The van der Waals surface area contributed by atoms with Gasteiger partial charge < -0.3 is 15.0 Å². The summed E-state index contributed by atoms with van der Waals surface area (Å²) >= 11 is 0. The van der Waals surface area contributed by atoms with E-state index in [1.807, 2.05) is 37.1 Å². The minimum Gasteiger partial charge on any atom is -0.378 e. The van der Waals surface area contributed by atoms with Crippen molar-refractivity contribution in [3.63, 3.8) is 0 Å². The molecule has 1 aromatic heterocycles. The monoisotopic (exact) mass is 313 g/mol. The molecule has 2 rings (SSSR count). The third-order valence-electron chi connectivity index (χ3n) is 3.40. The molecule has 1 aliphatic rings. The first-order chi connectivity index (χ1) is 9.68. The highest BCUT2D eigenvalue weighted by atomic mass is 35.5. The van der Waals surface area contributed by atoms with Crippen molar-refractivity contribution in [3.05, 3.63) is 30.1 Å². The predicted octanol–water partition coefficient (Wildman–Crippen LogP) is 1.79. The fourth-order valence-electron chi connectivity index (χ4n) is 2.40. The highest BCUT2D eigenvalue weighted by Gasteiger charge is 2.27. The second kappa shape index (κ2) is 8.97. The number of ether oxygens (including phenoxy) is 1. The summed E-state index contributed by atoms with van der Waals surface area (Å²) in [5, 5.41) is 3.34.